The van der Waals surface area contributed by atoms with E-state index in [-0.39, 0.29) is 11.6 Å². The number of halogens is 1. The molecule has 0 spiro atoms. The van der Waals surface area contributed by atoms with Crippen LogP contribution in [0.4, 0.5) is 10.1 Å². The van der Waals surface area contributed by atoms with E-state index < -0.39 is 0 Å². The van der Waals surface area contributed by atoms with Gasteiger partial charge >= 0.3 is 0 Å². The first-order valence-electron chi connectivity index (χ1n) is 6.68. The van der Waals surface area contributed by atoms with Gasteiger partial charge in [-0.2, -0.15) is 0 Å². The van der Waals surface area contributed by atoms with Crippen molar-refractivity contribution in [1.29, 1.82) is 0 Å². The Kier molecular flexibility index (Phi) is 4.53. The summed E-state index contributed by atoms with van der Waals surface area (Å²) in [5, 5.41) is 0. The highest BCUT2D eigenvalue weighted by Gasteiger charge is 2.20. The standard InChI is InChI=1S/C15H20FNO2/c1-11(18)13-4-3-5-14(16)15(13)17(2)10-12-6-8-19-9-7-12/h3-5,12H,6-10H2,1-2H3. The van der Waals surface area contributed by atoms with Crippen molar-refractivity contribution >= 4 is 11.5 Å². The summed E-state index contributed by atoms with van der Waals surface area (Å²) in [5.74, 6) is 0.0637. The molecule has 2 rings (SSSR count). The monoisotopic (exact) mass is 265 g/mol. The van der Waals surface area contributed by atoms with E-state index in [1.54, 1.807) is 12.1 Å². The van der Waals surface area contributed by atoms with Crippen molar-refractivity contribution in [2.24, 2.45) is 5.92 Å². The SMILES string of the molecule is CC(=O)c1cccc(F)c1N(C)CC1CCOCC1. The third-order valence-corrected chi connectivity index (χ3v) is 3.62. The van der Waals surface area contributed by atoms with Crippen LogP contribution in [0.15, 0.2) is 18.2 Å². The first-order valence-corrected chi connectivity index (χ1v) is 6.68. The van der Waals surface area contributed by atoms with Crippen LogP contribution in [-0.2, 0) is 4.74 Å². The maximum atomic E-state index is 14.0. The Morgan fingerprint density at radius 3 is 2.74 bits per heavy atom. The Labute approximate surface area is 113 Å². The molecular formula is C15H20FNO2. The largest absolute Gasteiger partial charge is 0.381 e. The second-order valence-corrected chi connectivity index (χ2v) is 5.13. The molecule has 0 saturated carbocycles. The van der Waals surface area contributed by atoms with Gasteiger partial charge in [-0.15, -0.1) is 0 Å². The number of hydrogen-bond acceptors (Lipinski definition) is 3. The molecule has 1 heterocycles. The lowest BCUT2D eigenvalue weighted by molar-refractivity contribution is 0.0684. The van der Waals surface area contributed by atoms with Crippen LogP contribution in [0.5, 0.6) is 0 Å². The van der Waals surface area contributed by atoms with Crippen molar-refractivity contribution < 1.29 is 13.9 Å². The zero-order valence-corrected chi connectivity index (χ0v) is 11.5. The number of nitrogens with zero attached hydrogens (tertiary/aromatic N) is 1. The van der Waals surface area contributed by atoms with Crippen molar-refractivity contribution in [3.05, 3.63) is 29.6 Å². The number of rotatable bonds is 4. The quantitative estimate of drug-likeness (QED) is 0.784. The van der Waals surface area contributed by atoms with Gasteiger partial charge < -0.3 is 9.64 Å². The molecule has 1 fully saturated rings. The smallest absolute Gasteiger partial charge is 0.161 e. The maximum Gasteiger partial charge on any atom is 0.161 e. The summed E-state index contributed by atoms with van der Waals surface area (Å²) in [5.41, 5.74) is 0.871. The van der Waals surface area contributed by atoms with Crippen LogP contribution >= 0.6 is 0 Å². The fourth-order valence-electron chi connectivity index (χ4n) is 2.59. The average molecular weight is 265 g/mol. The maximum absolute atomic E-state index is 14.0. The number of carbonyl (C=O) groups is 1. The molecular weight excluding hydrogens is 245 g/mol. The normalized spacial score (nSPS) is 16.4. The molecule has 0 amide bonds. The van der Waals surface area contributed by atoms with Crippen LogP contribution in [0.1, 0.15) is 30.1 Å². The lowest BCUT2D eigenvalue weighted by Crippen LogP contribution is -2.31. The predicted octanol–water partition coefficient (Wildman–Crippen LogP) is 2.89. The van der Waals surface area contributed by atoms with Crippen molar-refractivity contribution in [2.75, 3.05) is 31.7 Å². The van der Waals surface area contributed by atoms with Gasteiger partial charge in [0, 0.05) is 32.4 Å². The lowest BCUT2D eigenvalue weighted by Gasteiger charge is -2.29. The van der Waals surface area contributed by atoms with E-state index in [9.17, 15) is 9.18 Å². The van der Waals surface area contributed by atoms with E-state index in [0.717, 1.165) is 32.6 Å². The highest BCUT2D eigenvalue weighted by atomic mass is 19.1. The third-order valence-electron chi connectivity index (χ3n) is 3.62. The third kappa shape index (κ3) is 3.32. The Morgan fingerprint density at radius 2 is 2.11 bits per heavy atom. The van der Waals surface area contributed by atoms with Gasteiger partial charge in [0.25, 0.3) is 0 Å². The summed E-state index contributed by atoms with van der Waals surface area (Å²) in [6, 6.07) is 4.67. The van der Waals surface area contributed by atoms with E-state index in [0.29, 0.717) is 17.2 Å². The van der Waals surface area contributed by atoms with Crippen molar-refractivity contribution in [1.82, 2.24) is 0 Å². The molecule has 0 unspecified atom stereocenters. The van der Waals surface area contributed by atoms with Crippen molar-refractivity contribution in [2.45, 2.75) is 19.8 Å². The van der Waals surface area contributed by atoms with E-state index >= 15 is 0 Å². The zero-order valence-electron chi connectivity index (χ0n) is 11.5. The van der Waals surface area contributed by atoms with Gasteiger partial charge in [-0.25, -0.2) is 4.39 Å². The topological polar surface area (TPSA) is 29.5 Å². The second-order valence-electron chi connectivity index (χ2n) is 5.13. The number of ether oxygens (including phenoxy) is 1. The minimum absolute atomic E-state index is 0.103. The molecule has 0 aromatic heterocycles. The number of Topliss-reactive ketones (excluding diaryl/α,β-unsaturated/α-hetero) is 1. The van der Waals surface area contributed by atoms with Crippen LogP contribution < -0.4 is 4.90 Å². The van der Waals surface area contributed by atoms with Gasteiger partial charge in [0.2, 0.25) is 0 Å². The van der Waals surface area contributed by atoms with Crippen LogP contribution in [0.3, 0.4) is 0 Å². The second kappa shape index (κ2) is 6.15. The van der Waals surface area contributed by atoms with Gasteiger partial charge in [0.05, 0.1) is 5.69 Å². The van der Waals surface area contributed by atoms with Gasteiger partial charge in [0.15, 0.2) is 5.78 Å². The molecule has 19 heavy (non-hydrogen) atoms. The van der Waals surface area contributed by atoms with Gasteiger partial charge in [-0.3, -0.25) is 4.79 Å². The highest BCUT2D eigenvalue weighted by molar-refractivity contribution is 5.99. The van der Waals surface area contributed by atoms with Crippen LogP contribution in [0, 0.1) is 11.7 Å². The Morgan fingerprint density at radius 1 is 1.42 bits per heavy atom. The number of ketones is 1. The van der Waals surface area contributed by atoms with E-state index in [1.807, 2.05) is 11.9 Å². The van der Waals surface area contributed by atoms with Crippen molar-refractivity contribution in [3.63, 3.8) is 0 Å². The number of para-hydroxylation sites is 1. The molecule has 3 nitrogen and oxygen atoms in total. The fraction of sp³-hybridized carbons (Fsp3) is 0.533. The average Bonchev–Trinajstić information content (AvgIpc) is 2.39. The Hall–Kier alpha value is -1.42. The molecule has 104 valence electrons. The molecule has 0 atom stereocenters. The molecule has 1 aliphatic heterocycles. The molecule has 0 N–H and O–H groups in total. The van der Waals surface area contributed by atoms with Gasteiger partial charge in [0.1, 0.15) is 5.82 Å². The molecule has 1 aromatic rings. The zero-order chi connectivity index (χ0) is 13.8. The van der Waals surface area contributed by atoms with Gasteiger partial charge in [-0.1, -0.05) is 6.07 Å². The van der Waals surface area contributed by atoms with Crippen LogP contribution in [-0.4, -0.2) is 32.6 Å². The van der Waals surface area contributed by atoms with Crippen molar-refractivity contribution in [3.8, 4) is 0 Å². The Bertz CT molecular complexity index is 455. The summed E-state index contributed by atoms with van der Waals surface area (Å²) in [6.07, 6.45) is 1.99. The molecule has 1 saturated heterocycles. The number of benzene rings is 1. The highest BCUT2D eigenvalue weighted by Crippen LogP contribution is 2.26. The first kappa shape index (κ1) is 14.0. The summed E-state index contributed by atoms with van der Waals surface area (Å²) in [4.78, 5) is 13.5. The number of carbonyl (C=O) groups excluding carboxylic acids is 1. The van der Waals surface area contributed by atoms with E-state index in [2.05, 4.69) is 0 Å². The molecule has 1 aliphatic rings. The fourth-order valence-corrected chi connectivity index (χ4v) is 2.59. The lowest BCUT2D eigenvalue weighted by atomic mass is 9.99. The molecule has 0 aliphatic carbocycles. The summed E-state index contributed by atoms with van der Waals surface area (Å²) >= 11 is 0. The molecule has 0 bridgehead atoms. The molecule has 0 radical (unpaired) electrons. The molecule has 4 heteroatoms. The minimum Gasteiger partial charge on any atom is -0.381 e. The summed E-state index contributed by atoms with van der Waals surface area (Å²) in [7, 11) is 1.85. The molecule has 1 aromatic carbocycles. The summed E-state index contributed by atoms with van der Waals surface area (Å²) in [6.45, 7) is 3.77. The Balaban J connectivity index is 2.17. The first-order chi connectivity index (χ1) is 9.09. The van der Waals surface area contributed by atoms with Gasteiger partial charge in [-0.05, 0) is 37.8 Å². The van der Waals surface area contributed by atoms with Crippen LogP contribution in [0.25, 0.3) is 0 Å². The number of anilines is 1. The number of hydrogen-bond donors (Lipinski definition) is 0. The van der Waals surface area contributed by atoms with Crippen LogP contribution in [0.2, 0.25) is 0 Å². The summed E-state index contributed by atoms with van der Waals surface area (Å²) < 4.78 is 19.3. The van der Waals surface area contributed by atoms with E-state index in [1.165, 1.54) is 13.0 Å². The van der Waals surface area contributed by atoms with E-state index in [4.69, 9.17) is 4.74 Å². The minimum atomic E-state index is -0.331. The predicted molar refractivity (Wildman–Crippen MR) is 73.2 cm³/mol.